The monoisotopic (exact) mass is 530 g/mol. The van der Waals surface area contributed by atoms with E-state index in [1.54, 1.807) is 27.4 Å². The van der Waals surface area contributed by atoms with Crippen LogP contribution in [0.5, 0.6) is 17.2 Å². The fourth-order valence-corrected chi connectivity index (χ4v) is 4.32. The first-order chi connectivity index (χ1) is 18.2. The van der Waals surface area contributed by atoms with E-state index in [1.807, 2.05) is 18.2 Å². The van der Waals surface area contributed by atoms with Gasteiger partial charge in [0.1, 0.15) is 5.82 Å². The number of ether oxygens (including phenoxy) is 3. The molecule has 0 atom stereocenters. The molecule has 1 aromatic heterocycles. The molecule has 1 amide bonds. The van der Waals surface area contributed by atoms with Crippen LogP contribution >= 0.6 is 0 Å². The molecule has 1 saturated heterocycles. The lowest BCUT2D eigenvalue weighted by Gasteiger charge is -2.35. The number of carbonyl (C=O) groups is 1. The molecule has 0 bridgehead atoms. The molecule has 2 heterocycles. The number of rotatable bonds is 8. The van der Waals surface area contributed by atoms with Gasteiger partial charge >= 0.3 is 6.18 Å². The number of carbonyl (C=O) groups excluding carboxylic acids is 1. The molecule has 1 N–H and O–H groups in total. The highest BCUT2D eigenvalue weighted by Crippen LogP contribution is 2.40. The second-order valence-electron chi connectivity index (χ2n) is 8.69. The van der Waals surface area contributed by atoms with E-state index in [0.717, 1.165) is 61.8 Å². The largest absolute Gasteiger partial charge is 0.493 e. The third kappa shape index (κ3) is 6.10. The highest BCUT2D eigenvalue weighted by Gasteiger charge is 2.30. The summed E-state index contributed by atoms with van der Waals surface area (Å²) in [5.41, 5.74) is 0.787. The lowest BCUT2D eigenvalue weighted by atomic mass is 10.1. The van der Waals surface area contributed by atoms with Crippen LogP contribution in [0.4, 0.5) is 24.7 Å². The normalized spacial score (nSPS) is 14.2. The van der Waals surface area contributed by atoms with Gasteiger partial charge in [-0.2, -0.15) is 13.2 Å². The van der Waals surface area contributed by atoms with Crippen LogP contribution in [0.3, 0.4) is 0 Å². The number of amides is 1. The average Bonchev–Trinajstić information content (AvgIpc) is 2.93. The van der Waals surface area contributed by atoms with E-state index >= 15 is 0 Å². The molecule has 1 fully saturated rings. The zero-order valence-electron chi connectivity index (χ0n) is 21.3. The van der Waals surface area contributed by atoms with Crippen molar-refractivity contribution in [1.82, 2.24) is 9.88 Å². The summed E-state index contributed by atoms with van der Waals surface area (Å²) < 4.78 is 54.6. The van der Waals surface area contributed by atoms with E-state index in [2.05, 4.69) is 20.1 Å². The van der Waals surface area contributed by atoms with E-state index in [9.17, 15) is 18.0 Å². The third-order valence-corrected chi connectivity index (χ3v) is 6.36. The van der Waals surface area contributed by atoms with Crippen molar-refractivity contribution in [3.05, 3.63) is 71.4 Å². The van der Waals surface area contributed by atoms with Crippen LogP contribution in [0.2, 0.25) is 0 Å². The summed E-state index contributed by atoms with van der Waals surface area (Å²) in [6.07, 6.45) is -2.91. The molecular formula is C27H29F3N4O4. The number of piperazine rings is 1. The Morgan fingerprint density at radius 1 is 0.895 bits per heavy atom. The molecule has 3 aromatic rings. The number of nitrogens with zero attached hydrogens (tertiary/aromatic N) is 3. The number of methoxy groups -OCH3 is 3. The molecule has 1 aliphatic rings. The molecule has 0 radical (unpaired) electrons. The SMILES string of the molecule is COc1ccc(CN2CCN(c3ccc(NC(=O)c4ccc(C(F)(F)F)cc4)cn3)CC2)c(OC)c1OC. The Hall–Kier alpha value is -3.99. The number of hydrogen-bond donors (Lipinski definition) is 1. The fraction of sp³-hybridized carbons (Fsp3) is 0.333. The summed E-state index contributed by atoms with van der Waals surface area (Å²) >= 11 is 0. The fourth-order valence-electron chi connectivity index (χ4n) is 4.32. The van der Waals surface area contributed by atoms with Crippen LogP contribution in [-0.4, -0.2) is 63.3 Å². The maximum atomic E-state index is 12.7. The van der Waals surface area contributed by atoms with Gasteiger partial charge in [-0.25, -0.2) is 4.98 Å². The van der Waals surface area contributed by atoms with Crippen molar-refractivity contribution >= 4 is 17.4 Å². The highest BCUT2D eigenvalue weighted by atomic mass is 19.4. The van der Waals surface area contributed by atoms with Crippen molar-refractivity contribution in [2.45, 2.75) is 12.7 Å². The Labute approximate surface area is 218 Å². The zero-order valence-corrected chi connectivity index (χ0v) is 21.3. The number of alkyl halides is 3. The molecule has 0 aliphatic carbocycles. The quantitative estimate of drug-likeness (QED) is 0.453. The van der Waals surface area contributed by atoms with Crippen molar-refractivity contribution < 1.29 is 32.2 Å². The van der Waals surface area contributed by atoms with Crippen molar-refractivity contribution in [2.24, 2.45) is 0 Å². The topological polar surface area (TPSA) is 76.2 Å². The third-order valence-electron chi connectivity index (χ3n) is 6.36. The van der Waals surface area contributed by atoms with Gasteiger partial charge in [-0.3, -0.25) is 9.69 Å². The Bertz CT molecular complexity index is 1240. The number of benzene rings is 2. The number of hydrogen-bond acceptors (Lipinski definition) is 7. The summed E-state index contributed by atoms with van der Waals surface area (Å²) in [7, 11) is 4.78. The van der Waals surface area contributed by atoms with Gasteiger partial charge < -0.3 is 24.4 Å². The van der Waals surface area contributed by atoms with E-state index in [0.29, 0.717) is 29.5 Å². The second-order valence-corrected chi connectivity index (χ2v) is 8.69. The summed E-state index contributed by atoms with van der Waals surface area (Å²) in [6.45, 7) is 3.84. The summed E-state index contributed by atoms with van der Waals surface area (Å²) in [5, 5.41) is 2.67. The Kier molecular flexibility index (Phi) is 8.26. The number of anilines is 2. The first-order valence-corrected chi connectivity index (χ1v) is 11.9. The molecule has 0 spiro atoms. The predicted octanol–water partition coefficient (Wildman–Crippen LogP) is 4.70. The van der Waals surface area contributed by atoms with Crippen LogP contribution in [0.15, 0.2) is 54.7 Å². The molecule has 11 heteroatoms. The van der Waals surface area contributed by atoms with Gasteiger partial charge in [0.2, 0.25) is 5.75 Å². The standard InChI is InChI=1S/C27H29F3N4O4/c1-36-22-10-6-19(24(37-2)25(22)38-3)17-33-12-14-34(15-13-33)23-11-9-21(16-31-23)32-26(35)18-4-7-20(8-5-18)27(28,29)30/h4-11,16H,12-15,17H2,1-3H3,(H,32,35). The van der Waals surface area contributed by atoms with Crippen molar-refractivity contribution in [2.75, 3.05) is 57.7 Å². The van der Waals surface area contributed by atoms with Gasteiger partial charge in [-0.05, 0) is 42.5 Å². The van der Waals surface area contributed by atoms with Gasteiger partial charge in [0.05, 0.1) is 38.8 Å². The van der Waals surface area contributed by atoms with Crippen LogP contribution in [-0.2, 0) is 12.7 Å². The molecule has 0 unspecified atom stereocenters. The van der Waals surface area contributed by atoms with Gasteiger partial charge in [0, 0.05) is 43.9 Å². The molecule has 38 heavy (non-hydrogen) atoms. The van der Waals surface area contributed by atoms with Crippen molar-refractivity contribution in [3.8, 4) is 17.2 Å². The van der Waals surface area contributed by atoms with Crippen LogP contribution < -0.4 is 24.4 Å². The predicted molar refractivity (Wildman–Crippen MR) is 137 cm³/mol. The minimum absolute atomic E-state index is 0.129. The van der Waals surface area contributed by atoms with Crippen molar-refractivity contribution in [3.63, 3.8) is 0 Å². The van der Waals surface area contributed by atoms with Crippen molar-refractivity contribution in [1.29, 1.82) is 0 Å². The highest BCUT2D eigenvalue weighted by molar-refractivity contribution is 6.04. The number of aromatic nitrogens is 1. The number of pyridine rings is 1. The molecule has 1 aliphatic heterocycles. The molecule has 4 rings (SSSR count). The first-order valence-electron chi connectivity index (χ1n) is 11.9. The molecule has 8 nitrogen and oxygen atoms in total. The molecule has 0 saturated carbocycles. The lowest BCUT2D eigenvalue weighted by Crippen LogP contribution is -2.46. The van der Waals surface area contributed by atoms with Crippen LogP contribution in [0.1, 0.15) is 21.5 Å². The van der Waals surface area contributed by atoms with E-state index < -0.39 is 17.6 Å². The maximum Gasteiger partial charge on any atom is 0.416 e. The van der Waals surface area contributed by atoms with Gasteiger partial charge in [0.15, 0.2) is 11.5 Å². The smallest absolute Gasteiger partial charge is 0.416 e. The Balaban J connectivity index is 1.32. The molecule has 202 valence electrons. The number of halogens is 3. The molecular weight excluding hydrogens is 501 g/mol. The Morgan fingerprint density at radius 2 is 1.58 bits per heavy atom. The number of nitrogens with one attached hydrogen (secondary N) is 1. The summed E-state index contributed by atoms with van der Waals surface area (Å²) in [5.74, 6) is 2.11. The van der Waals surface area contributed by atoms with E-state index in [-0.39, 0.29) is 5.56 Å². The summed E-state index contributed by atoms with van der Waals surface area (Å²) in [4.78, 5) is 21.4. The Morgan fingerprint density at radius 3 is 2.13 bits per heavy atom. The van der Waals surface area contributed by atoms with Crippen LogP contribution in [0.25, 0.3) is 0 Å². The zero-order chi connectivity index (χ0) is 27.3. The lowest BCUT2D eigenvalue weighted by molar-refractivity contribution is -0.137. The van der Waals surface area contributed by atoms with Crippen LogP contribution in [0, 0.1) is 0 Å². The first kappa shape index (κ1) is 27.1. The minimum atomic E-state index is -4.45. The van der Waals surface area contributed by atoms with E-state index in [4.69, 9.17) is 14.2 Å². The van der Waals surface area contributed by atoms with Gasteiger partial charge in [-0.1, -0.05) is 6.07 Å². The second kappa shape index (κ2) is 11.6. The molecule has 2 aromatic carbocycles. The summed E-state index contributed by atoms with van der Waals surface area (Å²) in [6, 6.07) is 11.5. The average molecular weight is 531 g/mol. The van der Waals surface area contributed by atoms with Gasteiger partial charge in [0.25, 0.3) is 5.91 Å². The maximum absolute atomic E-state index is 12.7. The van der Waals surface area contributed by atoms with E-state index in [1.165, 1.54) is 6.20 Å². The van der Waals surface area contributed by atoms with Gasteiger partial charge in [-0.15, -0.1) is 0 Å². The minimum Gasteiger partial charge on any atom is -0.493 e.